The van der Waals surface area contributed by atoms with Gasteiger partial charge in [0.2, 0.25) is 0 Å². The highest BCUT2D eigenvalue weighted by Crippen LogP contribution is 2.29. The minimum Gasteiger partial charge on any atom is -0.385 e. The van der Waals surface area contributed by atoms with Gasteiger partial charge in [-0.25, -0.2) is 0 Å². The van der Waals surface area contributed by atoms with E-state index in [1.165, 1.54) is 0 Å². The first kappa shape index (κ1) is 16.5. The number of aryl methyl sites for hydroxylation is 1. The lowest BCUT2D eigenvalue weighted by Crippen LogP contribution is -2.07. The number of rotatable bonds is 5. The molecule has 0 saturated carbocycles. The molecule has 0 aliphatic heterocycles. The van der Waals surface area contributed by atoms with Gasteiger partial charge < -0.3 is 5.32 Å². The number of nitrogens with zero attached hydrogens (tertiary/aromatic N) is 4. The highest BCUT2D eigenvalue weighted by Gasteiger charge is 2.13. The topological polar surface area (TPSA) is 66.0 Å². The van der Waals surface area contributed by atoms with Gasteiger partial charge in [0.15, 0.2) is 0 Å². The van der Waals surface area contributed by atoms with Crippen molar-refractivity contribution in [1.29, 1.82) is 5.26 Å². The second kappa shape index (κ2) is 7.41. The minimum absolute atomic E-state index is 0.621. The molecule has 2 rings (SSSR count). The number of benzene rings is 1. The van der Waals surface area contributed by atoms with Crippen molar-refractivity contribution >= 4 is 11.4 Å². The first-order valence-corrected chi connectivity index (χ1v) is 7.49. The monoisotopic (exact) mass is 307 g/mol. The van der Waals surface area contributed by atoms with E-state index in [2.05, 4.69) is 21.5 Å². The van der Waals surface area contributed by atoms with Gasteiger partial charge in [-0.2, -0.15) is 10.4 Å². The van der Waals surface area contributed by atoms with Crippen LogP contribution in [-0.2, 0) is 6.54 Å². The summed E-state index contributed by atoms with van der Waals surface area (Å²) in [5.74, 6) is 0. The molecule has 5 nitrogen and oxygen atoms in total. The van der Waals surface area contributed by atoms with Gasteiger partial charge in [-0.3, -0.25) is 9.67 Å². The zero-order valence-electron chi connectivity index (χ0n) is 14.0. The molecule has 1 aromatic heterocycles. The molecule has 0 radical (unpaired) electrons. The number of nitriles is 1. The fraction of sp³-hybridized carbons (Fsp3) is 0.278. The van der Waals surface area contributed by atoms with E-state index in [0.717, 1.165) is 28.2 Å². The van der Waals surface area contributed by atoms with Crippen LogP contribution >= 0.6 is 0 Å². The Labute approximate surface area is 137 Å². The molecule has 2 aromatic rings. The summed E-state index contributed by atoms with van der Waals surface area (Å²) in [6.45, 7) is 6.55. The largest absolute Gasteiger partial charge is 0.385 e. The van der Waals surface area contributed by atoms with Crippen LogP contribution in [0.5, 0.6) is 0 Å². The maximum absolute atomic E-state index is 9.12. The van der Waals surface area contributed by atoms with E-state index in [1.807, 2.05) is 63.0 Å². The highest BCUT2D eigenvalue weighted by atomic mass is 15.3. The van der Waals surface area contributed by atoms with Crippen molar-refractivity contribution in [3.05, 3.63) is 47.8 Å². The number of hydrogen-bond donors (Lipinski definition) is 1. The summed E-state index contributed by atoms with van der Waals surface area (Å²) < 4.78 is 1.86. The van der Waals surface area contributed by atoms with Crippen molar-refractivity contribution in [2.75, 3.05) is 12.4 Å². The molecule has 0 bridgehead atoms. The Morgan fingerprint density at radius 2 is 2.26 bits per heavy atom. The summed E-state index contributed by atoms with van der Waals surface area (Å²) in [5, 5.41) is 17.0. The van der Waals surface area contributed by atoms with Crippen LogP contribution in [0.25, 0.3) is 11.3 Å². The van der Waals surface area contributed by atoms with E-state index in [0.29, 0.717) is 12.1 Å². The number of anilines is 1. The van der Waals surface area contributed by atoms with Gasteiger partial charge in [-0.1, -0.05) is 12.1 Å². The normalized spacial score (nSPS) is 11.7. The summed E-state index contributed by atoms with van der Waals surface area (Å²) in [5.41, 5.74) is 5.44. The van der Waals surface area contributed by atoms with Crippen LogP contribution < -0.4 is 5.32 Å². The van der Waals surface area contributed by atoms with Crippen LogP contribution in [0.15, 0.2) is 41.7 Å². The lowest BCUT2D eigenvalue weighted by molar-refractivity contribution is 0.725. The van der Waals surface area contributed by atoms with E-state index in [1.54, 1.807) is 6.20 Å². The quantitative estimate of drug-likeness (QED) is 0.855. The molecule has 0 saturated heterocycles. The molecule has 0 amide bonds. The Bertz CT molecular complexity index is 790. The molecule has 5 heteroatoms. The number of aliphatic imine (C=N–C) groups is 1. The number of hydrogen-bond acceptors (Lipinski definition) is 4. The minimum atomic E-state index is 0.621. The van der Waals surface area contributed by atoms with Gasteiger partial charge in [-0.15, -0.1) is 0 Å². The molecule has 0 aliphatic carbocycles. The second-order valence-electron chi connectivity index (χ2n) is 5.33. The van der Waals surface area contributed by atoms with Crippen molar-refractivity contribution in [1.82, 2.24) is 9.78 Å². The average Bonchev–Trinajstić information content (AvgIpc) is 2.96. The Hall–Kier alpha value is -2.87. The van der Waals surface area contributed by atoms with Crippen LogP contribution in [0.4, 0.5) is 5.69 Å². The molecular formula is C18H21N5. The maximum Gasteiger partial charge on any atom is 0.116 e. The first-order valence-electron chi connectivity index (χ1n) is 7.49. The molecule has 0 spiro atoms. The van der Waals surface area contributed by atoms with E-state index in [-0.39, 0.29) is 0 Å². The van der Waals surface area contributed by atoms with Crippen LogP contribution in [-0.4, -0.2) is 22.5 Å². The Kier molecular flexibility index (Phi) is 5.32. The fourth-order valence-electron chi connectivity index (χ4n) is 2.31. The van der Waals surface area contributed by atoms with Gasteiger partial charge in [0.05, 0.1) is 23.9 Å². The zero-order chi connectivity index (χ0) is 16.8. The fourth-order valence-corrected chi connectivity index (χ4v) is 2.31. The molecule has 1 N–H and O–H groups in total. The van der Waals surface area contributed by atoms with E-state index >= 15 is 0 Å². The molecule has 0 atom stereocenters. The van der Waals surface area contributed by atoms with Crippen molar-refractivity contribution in [3.8, 4) is 17.3 Å². The first-order chi connectivity index (χ1) is 11.1. The Balaban J connectivity index is 2.42. The number of allylic oxidation sites excluding steroid dienone is 1. The Morgan fingerprint density at radius 1 is 1.48 bits per heavy atom. The van der Waals surface area contributed by atoms with Gasteiger partial charge in [0.25, 0.3) is 0 Å². The third-order valence-electron chi connectivity index (χ3n) is 3.49. The predicted octanol–water partition coefficient (Wildman–Crippen LogP) is 3.77. The smallest absolute Gasteiger partial charge is 0.116 e. The zero-order valence-corrected chi connectivity index (χ0v) is 14.0. The van der Waals surface area contributed by atoms with E-state index < -0.39 is 0 Å². The average molecular weight is 307 g/mol. The summed E-state index contributed by atoms with van der Waals surface area (Å²) >= 11 is 0. The lowest BCUT2D eigenvalue weighted by Gasteiger charge is -2.06. The molecule has 118 valence electrons. The molecule has 0 fully saturated rings. The van der Waals surface area contributed by atoms with Crippen molar-refractivity contribution in [3.63, 3.8) is 0 Å². The summed E-state index contributed by atoms with van der Waals surface area (Å²) in [6.07, 6.45) is 5.63. The van der Waals surface area contributed by atoms with Gasteiger partial charge in [0, 0.05) is 30.7 Å². The van der Waals surface area contributed by atoms with E-state index in [9.17, 15) is 0 Å². The van der Waals surface area contributed by atoms with Gasteiger partial charge in [-0.05, 0) is 38.5 Å². The molecular weight excluding hydrogens is 286 g/mol. The van der Waals surface area contributed by atoms with Gasteiger partial charge >= 0.3 is 0 Å². The van der Waals surface area contributed by atoms with Crippen LogP contribution in [0.3, 0.4) is 0 Å². The van der Waals surface area contributed by atoms with Crippen LogP contribution in [0, 0.1) is 18.3 Å². The van der Waals surface area contributed by atoms with Crippen molar-refractivity contribution in [2.24, 2.45) is 4.99 Å². The number of nitrogens with one attached hydrogen (secondary N) is 1. The standard InChI is InChI=1S/C18H21N5/c1-5-8-21-14(3)11-23-12-17(20-4)18(22-23)16-9-15(10-19)7-6-13(16)2/h5-9,12,20H,11H2,1-4H3/b8-5-,21-14+. The summed E-state index contributed by atoms with van der Waals surface area (Å²) in [4.78, 5) is 4.33. The van der Waals surface area contributed by atoms with Crippen molar-refractivity contribution in [2.45, 2.75) is 27.3 Å². The predicted molar refractivity (Wildman–Crippen MR) is 94.6 cm³/mol. The lowest BCUT2D eigenvalue weighted by atomic mass is 10.0. The van der Waals surface area contributed by atoms with E-state index in [4.69, 9.17) is 5.26 Å². The molecule has 1 heterocycles. The van der Waals surface area contributed by atoms with Crippen molar-refractivity contribution < 1.29 is 0 Å². The SMILES string of the molecule is C/C=C\N=C(/C)Cn1cc(NC)c(-c2cc(C#N)ccc2C)n1. The summed E-state index contributed by atoms with van der Waals surface area (Å²) in [6, 6.07) is 7.83. The third-order valence-corrected chi connectivity index (χ3v) is 3.49. The molecule has 0 unspecified atom stereocenters. The van der Waals surface area contributed by atoms with Crippen LogP contribution in [0.2, 0.25) is 0 Å². The molecule has 0 aliphatic rings. The van der Waals surface area contributed by atoms with Gasteiger partial charge in [0.1, 0.15) is 5.69 Å². The third kappa shape index (κ3) is 3.86. The highest BCUT2D eigenvalue weighted by molar-refractivity contribution is 5.83. The summed E-state index contributed by atoms with van der Waals surface area (Å²) in [7, 11) is 1.87. The maximum atomic E-state index is 9.12. The molecule has 23 heavy (non-hydrogen) atoms. The number of aromatic nitrogens is 2. The Morgan fingerprint density at radius 3 is 2.91 bits per heavy atom. The second-order valence-corrected chi connectivity index (χ2v) is 5.33. The van der Waals surface area contributed by atoms with Crippen LogP contribution in [0.1, 0.15) is 25.0 Å². The molecule has 1 aromatic carbocycles.